The predicted molar refractivity (Wildman–Crippen MR) is 95.0 cm³/mol. The van der Waals surface area contributed by atoms with Gasteiger partial charge < -0.3 is 10.4 Å². The number of aromatic nitrogens is 1. The molecule has 2 N–H and O–H groups in total. The van der Waals surface area contributed by atoms with Gasteiger partial charge in [-0.2, -0.15) is 0 Å². The Morgan fingerprint density at radius 3 is 2.88 bits per heavy atom. The van der Waals surface area contributed by atoms with Gasteiger partial charge in [0.1, 0.15) is 11.6 Å². The van der Waals surface area contributed by atoms with Crippen LogP contribution < -0.4 is 5.32 Å². The number of carbonyl (C=O) groups excluding carboxylic acids is 1. The Bertz CT molecular complexity index is 764. The molecule has 1 saturated heterocycles. The first-order chi connectivity index (χ1) is 12.2. The summed E-state index contributed by atoms with van der Waals surface area (Å²) >= 11 is 0. The van der Waals surface area contributed by atoms with Gasteiger partial charge in [-0.25, -0.2) is 4.39 Å². The van der Waals surface area contributed by atoms with E-state index in [1.807, 2.05) is 0 Å². The summed E-state index contributed by atoms with van der Waals surface area (Å²) in [5.74, 6) is -0.0772. The number of allylic oxidation sites excluding steroid dienone is 1. The van der Waals surface area contributed by atoms with Gasteiger partial charge >= 0.3 is 0 Å². The van der Waals surface area contributed by atoms with E-state index >= 15 is 0 Å². The number of carbonyl (C=O) groups is 1. The van der Waals surface area contributed by atoms with E-state index in [2.05, 4.69) is 16.4 Å². The predicted octanol–water partition coefficient (Wildman–Crippen LogP) is 3.56. The number of benzene rings is 1. The maximum atomic E-state index is 13.8. The van der Waals surface area contributed by atoms with Crippen LogP contribution in [-0.2, 0) is 0 Å². The minimum absolute atomic E-state index is 0.0145. The van der Waals surface area contributed by atoms with Gasteiger partial charge in [-0.3, -0.25) is 9.78 Å². The summed E-state index contributed by atoms with van der Waals surface area (Å²) in [7, 11) is 0. The third kappa shape index (κ3) is 4.31. The van der Waals surface area contributed by atoms with Crippen LogP contribution in [0.5, 0.6) is 5.75 Å². The second-order valence-corrected chi connectivity index (χ2v) is 6.28. The van der Waals surface area contributed by atoms with E-state index in [1.165, 1.54) is 24.4 Å². The zero-order chi connectivity index (χ0) is 17.6. The van der Waals surface area contributed by atoms with Crippen molar-refractivity contribution in [1.82, 2.24) is 10.3 Å². The Balaban J connectivity index is 2.06. The van der Waals surface area contributed by atoms with Crippen molar-refractivity contribution in [2.24, 2.45) is 5.92 Å². The van der Waals surface area contributed by atoms with Crippen molar-refractivity contribution in [3.63, 3.8) is 0 Å². The Kier molecular flexibility index (Phi) is 5.56. The molecule has 2 heterocycles. The molecule has 2 aromatic rings. The molecule has 25 heavy (non-hydrogen) atoms. The number of rotatable bonds is 4. The maximum Gasteiger partial charge on any atom is 0.151 e. The number of hydrogen-bond acceptors (Lipinski definition) is 4. The smallest absolute Gasteiger partial charge is 0.151 e. The van der Waals surface area contributed by atoms with E-state index in [1.54, 1.807) is 12.1 Å². The summed E-state index contributed by atoms with van der Waals surface area (Å²) in [6.07, 6.45) is 7.37. The van der Waals surface area contributed by atoms with E-state index in [0.29, 0.717) is 28.3 Å². The molecule has 0 spiro atoms. The quantitative estimate of drug-likeness (QED) is 0.836. The summed E-state index contributed by atoms with van der Waals surface area (Å²) in [6.45, 7) is 1.93. The fourth-order valence-electron chi connectivity index (χ4n) is 3.12. The largest absolute Gasteiger partial charge is 0.507 e. The van der Waals surface area contributed by atoms with Gasteiger partial charge in [0.05, 0.1) is 5.69 Å². The highest BCUT2D eigenvalue weighted by Gasteiger charge is 2.16. The highest BCUT2D eigenvalue weighted by molar-refractivity contribution is 5.82. The van der Waals surface area contributed by atoms with Crippen LogP contribution in [0.25, 0.3) is 5.57 Å². The normalized spacial score (nSPS) is 18.6. The van der Waals surface area contributed by atoms with Gasteiger partial charge in [-0.1, -0.05) is 6.08 Å². The highest BCUT2D eigenvalue weighted by Crippen LogP contribution is 2.32. The van der Waals surface area contributed by atoms with E-state index in [-0.39, 0.29) is 5.75 Å². The van der Waals surface area contributed by atoms with Crippen molar-refractivity contribution in [3.05, 3.63) is 65.2 Å². The van der Waals surface area contributed by atoms with Gasteiger partial charge in [0, 0.05) is 22.9 Å². The van der Waals surface area contributed by atoms with Crippen molar-refractivity contribution < 1.29 is 14.3 Å². The van der Waals surface area contributed by atoms with Crippen LogP contribution in [0.1, 0.15) is 40.9 Å². The van der Waals surface area contributed by atoms with Crippen molar-refractivity contribution in [3.8, 4) is 5.75 Å². The zero-order valence-electron chi connectivity index (χ0n) is 13.9. The molecule has 0 amide bonds. The Morgan fingerprint density at radius 2 is 2.12 bits per heavy atom. The first-order valence-electron chi connectivity index (χ1n) is 8.50. The lowest BCUT2D eigenvalue weighted by atomic mass is 9.92. The second kappa shape index (κ2) is 8.03. The van der Waals surface area contributed by atoms with E-state index in [4.69, 9.17) is 0 Å². The SMILES string of the molecule is O=Cc1ccc(/C(=C/C2CCCNCC2)c2cc(F)ccc2O)nc1. The summed E-state index contributed by atoms with van der Waals surface area (Å²) in [4.78, 5) is 15.2. The molecule has 0 aliphatic carbocycles. The van der Waals surface area contributed by atoms with Crippen LogP contribution in [-0.4, -0.2) is 29.5 Å². The average Bonchev–Trinajstić information content (AvgIpc) is 2.91. The fourth-order valence-corrected chi connectivity index (χ4v) is 3.12. The number of phenols is 1. The third-order valence-corrected chi connectivity index (χ3v) is 4.47. The fraction of sp³-hybridized carbons (Fsp3) is 0.300. The minimum Gasteiger partial charge on any atom is -0.507 e. The number of hydrogen-bond donors (Lipinski definition) is 2. The molecule has 5 heteroatoms. The van der Waals surface area contributed by atoms with Gasteiger partial charge in [-0.15, -0.1) is 0 Å². The number of aromatic hydroxyl groups is 1. The molecular formula is C20H21FN2O2. The monoisotopic (exact) mass is 340 g/mol. The molecule has 0 radical (unpaired) electrons. The molecular weight excluding hydrogens is 319 g/mol. The molecule has 1 aliphatic rings. The molecule has 130 valence electrons. The summed E-state index contributed by atoms with van der Waals surface area (Å²) in [5.41, 5.74) is 2.21. The maximum absolute atomic E-state index is 13.8. The van der Waals surface area contributed by atoms with Gasteiger partial charge in [0.2, 0.25) is 0 Å². The molecule has 1 aromatic heterocycles. The molecule has 0 bridgehead atoms. The Morgan fingerprint density at radius 1 is 1.24 bits per heavy atom. The molecule has 0 saturated carbocycles. The van der Waals surface area contributed by atoms with Crippen LogP contribution in [0.2, 0.25) is 0 Å². The Labute approximate surface area is 146 Å². The topological polar surface area (TPSA) is 62.2 Å². The summed E-state index contributed by atoms with van der Waals surface area (Å²) in [6, 6.07) is 7.32. The van der Waals surface area contributed by atoms with Gasteiger partial charge in [-0.05, 0) is 68.6 Å². The lowest BCUT2D eigenvalue weighted by Gasteiger charge is -2.15. The Hall–Kier alpha value is -2.53. The van der Waals surface area contributed by atoms with Crippen molar-refractivity contribution in [2.75, 3.05) is 13.1 Å². The molecule has 1 atom stereocenters. The van der Waals surface area contributed by atoms with E-state index in [0.717, 1.165) is 38.6 Å². The standard InChI is InChI=1S/C20H21FN2O2/c21-16-4-6-20(25)18(11-16)17(10-14-2-1-8-22-9-7-14)19-5-3-15(13-24)12-23-19/h3-6,10-14,22,25H,1-2,7-9H2/b17-10+. The van der Waals surface area contributed by atoms with Crippen LogP contribution in [0.4, 0.5) is 4.39 Å². The van der Waals surface area contributed by atoms with Crippen LogP contribution >= 0.6 is 0 Å². The number of nitrogens with one attached hydrogen (secondary N) is 1. The highest BCUT2D eigenvalue weighted by atomic mass is 19.1. The molecule has 1 fully saturated rings. The first-order valence-corrected chi connectivity index (χ1v) is 8.50. The zero-order valence-corrected chi connectivity index (χ0v) is 13.9. The average molecular weight is 340 g/mol. The molecule has 1 aromatic carbocycles. The van der Waals surface area contributed by atoms with Crippen molar-refractivity contribution >= 4 is 11.9 Å². The van der Waals surface area contributed by atoms with E-state index < -0.39 is 5.82 Å². The second-order valence-electron chi connectivity index (χ2n) is 6.28. The van der Waals surface area contributed by atoms with Gasteiger partial charge in [0.25, 0.3) is 0 Å². The number of phenolic OH excluding ortho intramolecular Hbond substituents is 1. The van der Waals surface area contributed by atoms with Crippen LogP contribution in [0, 0.1) is 11.7 Å². The van der Waals surface area contributed by atoms with Crippen molar-refractivity contribution in [2.45, 2.75) is 19.3 Å². The van der Waals surface area contributed by atoms with Crippen LogP contribution in [0.3, 0.4) is 0 Å². The number of aldehydes is 1. The molecule has 1 aliphatic heterocycles. The van der Waals surface area contributed by atoms with Crippen LogP contribution in [0.15, 0.2) is 42.6 Å². The number of halogens is 1. The summed E-state index contributed by atoms with van der Waals surface area (Å²) in [5, 5.41) is 13.6. The number of pyridine rings is 1. The molecule has 4 nitrogen and oxygen atoms in total. The van der Waals surface area contributed by atoms with Gasteiger partial charge in [0.15, 0.2) is 6.29 Å². The molecule has 3 rings (SSSR count). The molecule has 1 unspecified atom stereocenters. The van der Waals surface area contributed by atoms with Crippen molar-refractivity contribution in [1.29, 1.82) is 0 Å². The van der Waals surface area contributed by atoms with E-state index in [9.17, 15) is 14.3 Å². The minimum atomic E-state index is -0.411. The third-order valence-electron chi connectivity index (χ3n) is 4.47. The number of nitrogens with zero attached hydrogens (tertiary/aromatic N) is 1. The first kappa shape index (κ1) is 17.3. The lowest BCUT2D eigenvalue weighted by Crippen LogP contribution is -2.13. The lowest BCUT2D eigenvalue weighted by molar-refractivity contribution is 0.112. The summed E-state index contributed by atoms with van der Waals surface area (Å²) < 4.78 is 13.8.